The standard InChI is InChI=1S/C10H15NO/c1-7-6-9(8(2)11)4-5-10(7)12-3/h4-6,8H,11H2,1-3H3/p+1. The fraction of sp³-hybridized carbons (Fsp3) is 0.400. The number of rotatable bonds is 2. The maximum absolute atomic E-state index is 5.16. The molecule has 12 heavy (non-hydrogen) atoms. The number of ether oxygens (including phenoxy) is 1. The molecule has 0 aromatic heterocycles. The Morgan fingerprint density at radius 3 is 2.50 bits per heavy atom. The lowest BCUT2D eigenvalue weighted by Crippen LogP contribution is -2.51. The molecule has 0 bridgehead atoms. The van der Waals surface area contributed by atoms with E-state index >= 15 is 0 Å². The van der Waals surface area contributed by atoms with Crippen LogP contribution in [-0.4, -0.2) is 7.11 Å². The largest absolute Gasteiger partial charge is 0.496 e. The van der Waals surface area contributed by atoms with Crippen LogP contribution in [-0.2, 0) is 0 Å². The second-order valence-corrected chi connectivity index (χ2v) is 3.13. The molecule has 0 spiro atoms. The third-order valence-corrected chi connectivity index (χ3v) is 1.99. The van der Waals surface area contributed by atoms with Gasteiger partial charge in [-0.25, -0.2) is 0 Å². The van der Waals surface area contributed by atoms with Gasteiger partial charge in [0.2, 0.25) is 0 Å². The summed E-state index contributed by atoms with van der Waals surface area (Å²) in [6, 6.07) is 6.52. The van der Waals surface area contributed by atoms with E-state index in [2.05, 4.69) is 24.8 Å². The van der Waals surface area contributed by atoms with Crippen molar-refractivity contribution < 1.29 is 10.5 Å². The molecular formula is C10H16NO+. The Bertz CT molecular complexity index is 269. The van der Waals surface area contributed by atoms with Crippen LogP contribution in [0, 0.1) is 6.92 Å². The average molecular weight is 166 g/mol. The molecule has 0 aliphatic rings. The molecule has 2 nitrogen and oxygen atoms in total. The minimum atomic E-state index is 0.342. The minimum absolute atomic E-state index is 0.342. The quantitative estimate of drug-likeness (QED) is 0.706. The van der Waals surface area contributed by atoms with E-state index < -0.39 is 0 Å². The zero-order valence-corrected chi connectivity index (χ0v) is 7.92. The molecule has 0 amide bonds. The first kappa shape index (κ1) is 9.07. The second-order valence-electron chi connectivity index (χ2n) is 3.13. The van der Waals surface area contributed by atoms with Gasteiger partial charge in [0.05, 0.1) is 7.11 Å². The van der Waals surface area contributed by atoms with Gasteiger partial charge in [-0.2, -0.15) is 0 Å². The van der Waals surface area contributed by atoms with E-state index in [-0.39, 0.29) is 0 Å². The Morgan fingerprint density at radius 1 is 1.42 bits per heavy atom. The summed E-state index contributed by atoms with van der Waals surface area (Å²) in [5.41, 5.74) is 6.39. The van der Waals surface area contributed by atoms with Crippen LogP contribution in [0.5, 0.6) is 5.75 Å². The van der Waals surface area contributed by atoms with Gasteiger partial charge in [-0.15, -0.1) is 0 Å². The molecular weight excluding hydrogens is 150 g/mol. The topological polar surface area (TPSA) is 36.9 Å². The monoisotopic (exact) mass is 166 g/mol. The Hall–Kier alpha value is -1.02. The Morgan fingerprint density at radius 2 is 2.08 bits per heavy atom. The van der Waals surface area contributed by atoms with Gasteiger partial charge in [-0.05, 0) is 37.6 Å². The molecule has 1 unspecified atom stereocenters. The fourth-order valence-electron chi connectivity index (χ4n) is 1.21. The van der Waals surface area contributed by atoms with E-state index in [1.807, 2.05) is 13.0 Å². The van der Waals surface area contributed by atoms with Crippen molar-refractivity contribution in [1.82, 2.24) is 0 Å². The van der Waals surface area contributed by atoms with Gasteiger partial charge in [0.25, 0.3) is 0 Å². The summed E-state index contributed by atoms with van der Waals surface area (Å²) >= 11 is 0. The Kier molecular flexibility index (Phi) is 2.71. The number of aryl methyl sites for hydroxylation is 1. The smallest absolute Gasteiger partial charge is 0.121 e. The van der Waals surface area contributed by atoms with Crippen LogP contribution >= 0.6 is 0 Å². The highest BCUT2D eigenvalue weighted by Gasteiger charge is 2.04. The van der Waals surface area contributed by atoms with Crippen LogP contribution in [0.4, 0.5) is 0 Å². The van der Waals surface area contributed by atoms with Crippen LogP contribution in [0.15, 0.2) is 18.2 Å². The predicted octanol–water partition coefficient (Wildman–Crippen LogP) is 1.31. The van der Waals surface area contributed by atoms with Crippen LogP contribution in [0.1, 0.15) is 24.1 Å². The summed E-state index contributed by atoms with van der Waals surface area (Å²) in [6.07, 6.45) is 0. The fourth-order valence-corrected chi connectivity index (χ4v) is 1.21. The Labute approximate surface area is 73.3 Å². The number of hydrogen-bond donors (Lipinski definition) is 1. The molecule has 0 saturated heterocycles. The average Bonchev–Trinajstić information content (AvgIpc) is 2.04. The van der Waals surface area contributed by atoms with Gasteiger partial charge in [0, 0.05) is 5.56 Å². The normalized spacial score (nSPS) is 12.7. The lowest BCUT2D eigenvalue weighted by molar-refractivity contribution is -0.420. The maximum atomic E-state index is 5.16. The molecule has 1 atom stereocenters. The van der Waals surface area contributed by atoms with Crippen molar-refractivity contribution in [2.75, 3.05) is 7.11 Å². The van der Waals surface area contributed by atoms with Gasteiger partial charge < -0.3 is 10.5 Å². The van der Waals surface area contributed by atoms with Crippen molar-refractivity contribution in [2.45, 2.75) is 19.9 Å². The van der Waals surface area contributed by atoms with E-state index in [1.54, 1.807) is 7.11 Å². The minimum Gasteiger partial charge on any atom is -0.496 e. The van der Waals surface area contributed by atoms with Crippen molar-refractivity contribution >= 4 is 0 Å². The molecule has 3 N–H and O–H groups in total. The molecule has 0 heterocycles. The molecule has 0 aliphatic heterocycles. The number of benzene rings is 1. The van der Waals surface area contributed by atoms with E-state index in [4.69, 9.17) is 4.74 Å². The summed E-state index contributed by atoms with van der Waals surface area (Å²) in [5.74, 6) is 0.944. The van der Waals surface area contributed by atoms with Gasteiger partial charge in [0.1, 0.15) is 11.8 Å². The van der Waals surface area contributed by atoms with Crippen molar-refractivity contribution in [1.29, 1.82) is 0 Å². The van der Waals surface area contributed by atoms with Gasteiger partial charge >= 0.3 is 0 Å². The Balaban J connectivity index is 3.02. The second kappa shape index (κ2) is 3.59. The van der Waals surface area contributed by atoms with Crippen LogP contribution in [0.25, 0.3) is 0 Å². The zero-order valence-electron chi connectivity index (χ0n) is 7.92. The molecule has 1 rings (SSSR count). The molecule has 1 aromatic rings. The summed E-state index contributed by atoms with van der Waals surface area (Å²) in [4.78, 5) is 0. The lowest BCUT2D eigenvalue weighted by atomic mass is 10.1. The predicted molar refractivity (Wildman–Crippen MR) is 49.0 cm³/mol. The highest BCUT2D eigenvalue weighted by atomic mass is 16.5. The molecule has 1 aromatic carbocycles. The maximum Gasteiger partial charge on any atom is 0.121 e. The number of quaternary nitrogens is 1. The van der Waals surface area contributed by atoms with Crippen molar-refractivity contribution in [3.63, 3.8) is 0 Å². The molecule has 2 heteroatoms. The number of methoxy groups -OCH3 is 1. The van der Waals surface area contributed by atoms with E-state index in [0.29, 0.717) is 6.04 Å². The number of hydrogen-bond acceptors (Lipinski definition) is 1. The van der Waals surface area contributed by atoms with Crippen molar-refractivity contribution in [3.05, 3.63) is 29.3 Å². The zero-order chi connectivity index (χ0) is 9.14. The van der Waals surface area contributed by atoms with Crippen LogP contribution < -0.4 is 10.5 Å². The summed E-state index contributed by atoms with van der Waals surface area (Å²) in [6.45, 7) is 4.13. The van der Waals surface area contributed by atoms with Crippen LogP contribution in [0.2, 0.25) is 0 Å². The van der Waals surface area contributed by atoms with E-state index in [1.165, 1.54) is 11.1 Å². The highest BCUT2D eigenvalue weighted by molar-refractivity contribution is 5.36. The van der Waals surface area contributed by atoms with E-state index in [0.717, 1.165) is 5.75 Å². The lowest BCUT2D eigenvalue weighted by Gasteiger charge is -2.07. The summed E-state index contributed by atoms with van der Waals surface area (Å²) in [7, 11) is 1.69. The third-order valence-electron chi connectivity index (χ3n) is 1.99. The van der Waals surface area contributed by atoms with Crippen LogP contribution in [0.3, 0.4) is 0 Å². The van der Waals surface area contributed by atoms with Gasteiger partial charge in [0.15, 0.2) is 0 Å². The molecule has 0 radical (unpaired) electrons. The molecule has 0 aliphatic carbocycles. The van der Waals surface area contributed by atoms with Crippen molar-refractivity contribution in [2.24, 2.45) is 0 Å². The SMILES string of the molecule is COc1ccc(C(C)[NH3+])cc1C. The van der Waals surface area contributed by atoms with E-state index in [9.17, 15) is 0 Å². The summed E-state index contributed by atoms with van der Waals surface area (Å²) in [5, 5.41) is 0. The van der Waals surface area contributed by atoms with Gasteiger partial charge in [-0.1, -0.05) is 0 Å². The van der Waals surface area contributed by atoms with Crippen molar-refractivity contribution in [3.8, 4) is 5.75 Å². The first-order valence-corrected chi connectivity index (χ1v) is 4.12. The first-order chi connectivity index (χ1) is 5.65. The first-order valence-electron chi connectivity index (χ1n) is 4.12. The summed E-state index contributed by atoms with van der Waals surface area (Å²) < 4.78 is 5.16. The molecule has 0 saturated carbocycles. The molecule has 0 fully saturated rings. The highest BCUT2D eigenvalue weighted by Crippen LogP contribution is 2.20. The van der Waals surface area contributed by atoms with Gasteiger partial charge in [-0.3, -0.25) is 0 Å². The third kappa shape index (κ3) is 1.77. The molecule has 66 valence electrons.